The zero-order chi connectivity index (χ0) is 22.7. The van der Waals surface area contributed by atoms with Gasteiger partial charge in [0.05, 0.1) is 16.4 Å². The number of ether oxygens (including phenoxy) is 1. The van der Waals surface area contributed by atoms with Crippen molar-refractivity contribution in [2.24, 2.45) is 0 Å². The maximum atomic E-state index is 13.0. The largest absolute Gasteiger partial charge is 0.479 e. The van der Waals surface area contributed by atoms with Crippen molar-refractivity contribution in [1.82, 2.24) is 9.88 Å². The van der Waals surface area contributed by atoms with Gasteiger partial charge in [0.2, 0.25) is 5.91 Å². The molecule has 1 aromatic heterocycles. The molecule has 32 heavy (non-hydrogen) atoms. The van der Waals surface area contributed by atoms with E-state index in [1.807, 2.05) is 53.9 Å². The lowest BCUT2D eigenvalue weighted by Crippen LogP contribution is -2.49. The van der Waals surface area contributed by atoms with Crippen molar-refractivity contribution in [3.8, 4) is 17.0 Å². The molecule has 1 aliphatic heterocycles. The topological polar surface area (TPSA) is 62.7 Å². The van der Waals surface area contributed by atoms with Crippen LogP contribution in [-0.4, -0.2) is 41.4 Å². The number of hydrogen-bond donors (Lipinski definition) is 0. The molecule has 6 nitrogen and oxygen atoms in total. The van der Waals surface area contributed by atoms with E-state index in [2.05, 4.69) is 6.92 Å². The first kappa shape index (κ1) is 22.0. The van der Waals surface area contributed by atoms with E-state index in [1.165, 1.54) is 4.90 Å². The number of amides is 2. The van der Waals surface area contributed by atoms with Gasteiger partial charge in [0, 0.05) is 24.5 Å². The number of carbonyl (C=O) groups excluding carboxylic acids is 2. The van der Waals surface area contributed by atoms with Crippen LogP contribution in [0.15, 0.2) is 53.9 Å². The average molecular weight is 450 g/mol. The number of carbonyl (C=O) groups is 2. The summed E-state index contributed by atoms with van der Waals surface area (Å²) in [6.45, 7) is 4.29. The van der Waals surface area contributed by atoms with Crippen LogP contribution >= 0.6 is 11.3 Å². The lowest BCUT2D eigenvalue weighted by atomic mass is 10.1. The Morgan fingerprint density at radius 1 is 1.22 bits per heavy atom. The van der Waals surface area contributed by atoms with Gasteiger partial charge in [-0.05, 0) is 43.5 Å². The Morgan fingerprint density at radius 3 is 2.75 bits per heavy atom. The van der Waals surface area contributed by atoms with E-state index in [-0.39, 0.29) is 18.4 Å². The van der Waals surface area contributed by atoms with E-state index in [1.54, 1.807) is 30.2 Å². The summed E-state index contributed by atoms with van der Waals surface area (Å²) in [4.78, 5) is 33.8. The Bertz CT molecular complexity index is 1110. The van der Waals surface area contributed by atoms with Crippen molar-refractivity contribution in [2.75, 3.05) is 18.5 Å². The molecule has 1 unspecified atom stereocenters. The molecule has 1 aliphatic rings. The molecule has 0 aliphatic carbocycles. The monoisotopic (exact) mass is 449 g/mol. The van der Waals surface area contributed by atoms with Crippen LogP contribution in [0.25, 0.3) is 11.3 Å². The van der Waals surface area contributed by atoms with E-state index >= 15 is 0 Å². The van der Waals surface area contributed by atoms with Crippen molar-refractivity contribution < 1.29 is 14.3 Å². The van der Waals surface area contributed by atoms with Crippen LogP contribution in [0, 0.1) is 0 Å². The second-order valence-electron chi connectivity index (χ2n) is 7.98. The number of aromatic nitrogens is 1. The molecule has 0 N–H and O–H groups in total. The smallest absolute Gasteiger partial charge is 0.268 e. The summed E-state index contributed by atoms with van der Waals surface area (Å²) in [6.07, 6.45) is 1.35. The second-order valence-corrected chi connectivity index (χ2v) is 8.92. The number of anilines is 1. The first-order valence-corrected chi connectivity index (χ1v) is 11.7. The maximum Gasteiger partial charge on any atom is 0.268 e. The molecule has 0 saturated heterocycles. The molecule has 2 heterocycles. The molecule has 166 valence electrons. The number of fused-ring (bicyclic) bond motifs is 1. The number of benzene rings is 2. The molecule has 2 amide bonds. The zero-order valence-corrected chi connectivity index (χ0v) is 19.4. The van der Waals surface area contributed by atoms with Crippen LogP contribution in [0.4, 0.5) is 5.69 Å². The van der Waals surface area contributed by atoms with Crippen LogP contribution in [0.3, 0.4) is 0 Å². The summed E-state index contributed by atoms with van der Waals surface area (Å²) in [5.41, 5.74) is 3.43. The Balaban J connectivity index is 1.58. The van der Waals surface area contributed by atoms with E-state index in [0.717, 1.165) is 34.7 Å². The number of nitrogens with zero attached hydrogens (tertiary/aromatic N) is 3. The maximum absolute atomic E-state index is 13.0. The van der Waals surface area contributed by atoms with Gasteiger partial charge in [-0.25, -0.2) is 4.98 Å². The van der Waals surface area contributed by atoms with Crippen molar-refractivity contribution in [3.05, 3.63) is 64.5 Å². The molecular formula is C25H27N3O3S. The van der Waals surface area contributed by atoms with Gasteiger partial charge in [0.25, 0.3) is 5.91 Å². The first-order valence-electron chi connectivity index (χ1n) is 10.8. The molecule has 0 spiro atoms. The number of likely N-dealkylation sites (N-methyl/N-ethyl adjacent to an activating group) is 1. The summed E-state index contributed by atoms with van der Waals surface area (Å²) in [5, 5.41) is 3.13. The molecule has 0 fully saturated rings. The SMILES string of the molecule is CCCc1nc(-c2ccc3c(c2)N(CC(=O)N(C)Cc2ccccc2)C(=O)C(C)O3)cs1. The summed E-state index contributed by atoms with van der Waals surface area (Å²) in [5.74, 6) is 0.246. The highest BCUT2D eigenvalue weighted by Crippen LogP contribution is 2.37. The van der Waals surface area contributed by atoms with E-state index in [9.17, 15) is 9.59 Å². The quantitative estimate of drug-likeness (QED) is 0.531. The van der Waals surface area contributed by atoms with Gasteiger partial charge >= 0.3 is 0 Å². The van der Waals surface area contributed by atoms with Crippen LogP contribution in [0.5, 0.6) is 5.75 Å². The Morgan fingerprint density at radius 2 is 2.00 bits per heavy atom. The molecule has 3 aromatic rings. The molecule has 2 aromatic carbocycles. The summed E-state index contributed by atoms with van der Waals surface area (Å²) in [6, 6.07) is 15.5. The molecule has 4 rings (SSSR count). The van der Waals surface area contributed by atoms with Crippen LogP contribution in [-0.2, 0) is 22.6 Å². The van der Waals surface area contributed by atoms with Crippen LogP contribution < -0.4 is 9.64 Å². The minimum Gasteiger partial charge on any atom is -0.479 e. The standard InChI is InChI=1S/C25H27N3O3S/c1-4-8-23-26-20(16-32-23)19-11-12-22-21(13-19)28(25(30)17(2)31-22)15-24(29)27(3)14-18-9-6-5-7-10-18/h5-7,9-13,16-17H,4,8,14-15H2,1-3H3. The minimum absolute atomic E-state index is 0.0372. The van der Waals surface area contributed by atoms with Crippen molar-refractivity contribution in [1.29, 1.82) is 0 Å². The number of rotatable bonds is 7. The van der Waals surface area contributed by atoms with Crippen molar-refractivity contribution in [2.45, 2.75) is 39.3 Å². The van der Waals surface area contributed by atoms with Gasteiger partial charge in [0.1, 0.15) is 12.3 Å². The molecule has 7 heteroatoms. The molecule has 1 atom stereocenters. The van der Waals surface area contributed by atoms with Crippen molar-refractivity contribution in [3.63, 3.8) is 0 Å². The fraction of sp³-hybridized carbons (Fsp3) is 0.320. The summed E-state index contributed by atoms with van der Waals surface area (Å²) >= 11 is 1.64. The van der Waals surface area contributed by atoms with Gasteiger partial charge in [-0.2, -0.15) is 0 Å². The van der Waals surface area contributed by atoms with E-state index in [4.69, 9.17) is 9.72 Å². The van der Waals surface area contributed by atoms with Crippen molar-refractivity contribution >= 4 is 28.8 Å². The summed E-state index contributed by atoms with van der Waals surface area (Å²) in [7, 11) is 1.76. The third kappa shape index (κ3) is 4.67. The predicted molar refractivity (Wildman–Crippen MR) is 127 cm³/mol. The molecule has 0 saturated carbocycles. The third-order valence-corrected chi connectivity index (χ3v) is 6.37. The van der Waals surface area contributed by atoms with E-state index in [0.29, 0.717) is 18.0 Å². The van der Waals surface area contributed by atoms with Crippen LogP contribution in [0.2, 0.25) is 0 Å². The Hall–Kier alpha value is -3.19. The number of hydrogen-bond acceptors (Lipinski definition) is 5. The van der Waals surface area contributed by atoms with E-state index < -0.39 is 6.10 Å². The fourth-order valence-corrected chi connectivity index (χ4v) is 4.61. The lowest BCUT2D eigenvalue weighted by Gasteiger charge is -2.33. The highest BCUT2D eigenvalue weighted by molar-refractivity contribution is 7.09. The normalized spacial score (nSPS) is 15.3. The second kappa shape index (κ2) is 9.53. The van der Waals surface area contributed by atoms with Gasteiger partial charge in [-0.3, -0.25) is 14.5 Å². The van der Waals surface area contributed by atoms with Gasteiger partial charge in [-0.15, -0.1) is 11.3 Å². The highest BCUT2D eigenvalue weighted by atomic mass is 32.1. The summed E-state index contributed by atoms with van der Waals surface area (Å²) < 4.78 is 5.81. The first-order chi connectivity index (χ1) is 15.5. The number of thiazole rings is 1. The Kier molecular flexibility index (Phi) is 6.55. The predicted octanol–water partition coefficient (Wildman–Crippen LogP) is 4.54. The Labute approximate surface area is 192 Å². The molecule has 0 bridgehead atoms. The van der Waals surface area contributed by atoms with Gasteiger partial charge in [0.15, 0.2) is 6.10 Å². The fourth-order valence-electron chi connectivity index (χ4n) is 3.70. The third-order valence-electron chi connectivity index (χ3n) is 5.46. The average Bonchev–Trinajstić information content (AvgIpc) is 3.26. The highest BCUT2D eigenvalue weighted by Gasteiger charge is 2.33. The zero-order valence-electron chi connectivity index (χ0n) is 18.6. The lowest BCUT2D eigenvalue weighted by molar-refractivity contribution is -0.132. The number of aryl methyl sites for hydroxylation is 1. The minimum atomic E-state index is -0.643. The molecule has 0 radical (unpaired) electrons. The van der Waals surface area contributed by atoms with Crippen LogP contribution in [0.1, 0.15) is 30.8 Å². The van der Waals surface area contributed by atoms with Gasteiger partial charge in [-0.1, -0.05) is 37.3 Å². The molecular weight excluding hydrogens is 422 g/mol. The van der Waals surface area contributed by atoms with Gasteiger partial charge < -0.3 is 9.64 Å².